The van der Waals surface area contributed by atoms with Crippen molar-refractivity contribution in [1.82, 2.24) is 14.5 Å². The smallest absolute Gasteiger partial charge is 0.239 e. The minimum absolute atomic E-state index is 0.00358. The van der Waals surface area contributed by atoms with Crippen LogP contribution in [0.15, 0.2) is 24.3 Å². The molecule has 0 aliphatic carbocycles. The first-order valence-electron chi connectivity index (χ1n) is 9.54. The van der Waals surface area contributed by atoms with Gasteiger partial charge in [0.15, 0.2) is 0 Å². The van der Waals surface area contributed by atoms with E-state index in [4.69, 9.17) is 11.6 Å². The highest BCUT2D eigenvalue weighted by molar-refractivity contribution is 7.89. The molecular weight excluding hydrogens is 402 g/mol. The van der Waals surface area contributed by atoms with E-state index in [1.807, 2.05) is 19.1 Å². The van der Waals surface area contributed by atoms with Gasteiger partial charge in [-0.15, -0.1) is 0 Å². The van der Waals surface area contributed by atoms with Gasteiger partial charge in [0.2, 0.25) is 21.8 Å². The lowest BCUT2D eigenvalue weighted by molar-refractivity contribution is -0.140. The average molecular weight is 430 g/mol. The third kappa shape index (κ3) is 6.18. The highest BCUT2D eigenvalue weighted by Crippen LogP contribution is 2.22. The predicted molar refractivity (Wildman–Crippen MR) is 109 cm³/mol. The van der Waals surface area contributed by atoms with Gasteiger partial charge in [-0.05, 0) is 44.4 Å². The molecule has 1 N–H and O–H groups in total. The maximum atomic E-state index is 12.8. The summed E-state index contributed by atoms with van der Waals surface area (Å²) in [5.74, 6) is -0.485. The molecule has 1 aromatic rings. The molecular formula is C19H28ClN3O4S. The number of piperidine rings is 1. The number of nitrogens with zero attached hydrogens (tertiary/aromatic N) is 2. The van der Waals surface area contributed by atoms with Gasteiger partial charge in [-0.1, -0.05) is 23.7 Å². The maximum absolute atomic E-state index is 12.8. The van der Waals surface area contributed by atoms with Crippen molar-refractivity contribution in [3.63, 3.8) is 0 Å². The SMILES string of the molecule is CCN(CC(=O)NCc1ccc(Cl)cc1)C(=O)C1CCN(S(=O)(=O)CC)CC1. The summed E-state index contributed by atoms with van der Waals surface area (Å²) in [6.07, 6.45) is 0.974. The van der Waals surface area contributed by atoms with Crippen LogP contribution in [0.5, 0.6) is 0 Å². The van der Waals surface area contributed by atoms with E-state index >= 15 is 0 Å². The van der Waals surface area contributed by atoms with Crippen molar-refractivity contribution < 1.29 is 18.0 Å². The quantitative estimate of drug-likeness (QED) is 0.683. The van der Waals surface area contributed by atoms with Crippen molar-refractivity contribution in [2.24, 2.45) is 5.92 Å². The molecule has 9 heteroatoms. The van der Waals surface area contributed by atoms with Crippen molar-refractivity contribution in [2.45, 2.75) is 33.2 Å². The number of halogens is 1. The lowest BCUT2D eigenvalue weighted by Crippen LogP contribution is -2.47. The molecule has 7 nitrogen and oxygen atoms in total. The first-order valence-corrected chi connectivity index (χ1v) is 11.5. The normalized spacial score (nSPS) is 16.0. The van der Waals surface area contributed by atoms with Gasteiger partial charge < -0.3 is 10.2 Å². The summed E-state index contributed by atoms with van der Waals surface area (Å²) < 4.78 is 25.3. The minimum Gasteiger partial charge on any atom is -0.350 e. The van der Waals surface area contributed by atoms with E-state index in [9.17, 15) is 18.0 Å². The van der Waals surface area contributed by atoms with Crippen LogP contribution in [0.2, 0.25) is 5.02 Å². The Morgan fingerprint density at radius 3 is 2.32 bits per heavy atom. The molecule has 1 saturated heterocycles. The lowest BCUT2D eigenvalue weighted by atomic mass is 9.96. The van der Waals surface area contributed by atoms with Crippen molar-refractivity contribution in [1.29, 1.82) is 0 Å². The molecule has 0 unspecified atom stereocenters. The summed E-state index contributed by atoms with van der Waals surface area (Å²) >= 11 is 5.84. The van der Waals surface area contributed by atoms with Crippen LogP contribution in [0.25, 0.3) is 0 Å². The molecule has 0 bridgehead atoms. The molecule has 0 aromatic heterocycles. The molecule has 0 saturated carbocycles. The zero-order valence-corrected chi connectivity index (χ0v) is 17.9. The van der Waals surface area contributed by atoms with Crippen LogP contribution in [0.4, 0.5) is 0 Å². The lowest BCUT2D eigenvalue weighted by Gasteiger charge is -2.33. The number of likely N-dealkylation sites (N-methyl/N-ethyl adjacent to an activating group) is 1. The summed E-state index contributed by atoms with van der Waals surface area (Å²) in [5.41, 5.74) is 0.927. The number of rotatable bonds is 8. The minimum atomic E-state index is -3.22. The second-order valence-electron chi connectivity index (χ2n) is 6.83. The Balaban J connectivity index is 1.84. The molecule has 1 aliphatic heterocycles. The molecule has 1 heterocycles. The van der Waals surface area contributed by atoms with Crippen LogP contribution in [0, 0.1) is 5.92 Å². The number of nitrogens with one attached hydrogen (secondary N) is 1. The Labute approximate surface area is 172 Å². The topological polar surface area (TPSA) is 86.8 Å². The Morgan fingerprint density at radius 2 is 1.79 bits per heavy atom. The van der Waals surface area contributed by atoms with Crippen LogP contribution in [0.1, 0.15) is 32.3 Å². The summed E-state index contributed by atoms with van der Waals surface area (Å²) in [7, 11) is -3.22. The largest absolute Gasteiger partial charge is 0.350 e. The van der Waals surface area contributed by atoms with Crippen molar-refractivity contribution in [2.75, 3.05) is 31.9 Å². The van der Waals surface area contributed by atoms with Gasteiger partial charge in [0, 0.05) is 37.1 Å². The van der Waals surface area contributed by atoms with E-state index in [2.05, 4.69) is 5.32 Å². The first kappa shape index (κ1) is 22.6. The highest BCUT2D eigenvalue weighted by atomic mass is 35.5. The number of amides is 2. The van der Waals surface area contributed by atoms with Crippen LogP contribution in [-0.4, -0.2) is 61.4 Å². The van der Waals surface area contributed by atoms with Gasteiger partial charge in [0.1, 0.15) is 0 Å². The molecule has 28 heavy (non-hydrogen) atoms. The van der Waals surface area contributed by atoms with Gasteiger partial charge in [0.25, 0.3) is 0 Å². The van der Waals surface area contributed by atoms with E-state index < -0.39 is 10.0 Å². The number of carbonyl (C=O) groups is 2. The average Bonchev–Trinajstić information content (AvgIpc) is 2.71. The molecule has 0 radical (unpaired) electrons. The third-order valence-corrected chi connectivity index (χ3v) is 7.13. The zero-order chi connectivity index (χ0) is 20.7. The number of benzene rings is 1. The standard InChI is InChI=1S/C19H28ClN3O4S/c1-3-22(14-18(24)21-13-15-5-7-17(20)8-6-15)19(25)16-9-11-23(12-10-16)28(26,27)4-2/h5-8,16H,3-4,9-14H2,1-2H3,(H,21,24). The Hall–Kier alpha value is -1.64. The van der Waals surface area contributed by atoms with E-state index in [0.29, 0.717) is 44.0 Å². The number of sulfonamides is 1. The van der Waals surface area contributed by atoms with E-state index in [0.717, 1.165) is 5.56 Å². The first-order chi connectivity index (χ1) is 13.3. The molecule has 1 aromatic carbocycles. The Kier molecular flexibility index (Phi) is 8.27. The predicted octanol–water partition coefficient (Wildman–Crippen LogP) is 1.87. The second kappa shape index (κ2) is 10.2. The van der Waals surface area contributed by atoms with E-state index in [1.165, 1.54) is 9.21 Å². The van der Waals surface area contributed by atoms with Crippen LogP contribution in [0.3, 0.4) is 0 Å². The summed E-state index contributed by atoms with van der Waals surface area (Å²) in [6.45, 7) is 4.96. The van der Waals surface area contributed by atoms with Crippen LogP contribution < -0.4 is 5.32 Å². The van der Waals surface area contributed by atoms with Gasteiger partial charge in [-0.2, -0.15) is 0 Å². The second-order valence-corrected chi connectivity index (χ2v) is 9.52. The van der Waals surface area contributed by atoms with Gasteiger partial charge in [-0.25, -0.2) is 12.7 Å². The number of hydrogen-bond donors (Lipinski definition) is 1. The van der Waals surface area contributed by atoms with Crippen LogP contribution in [-0.2, 0) is 26.2 Å². The van der Waals surface area contributed by atoms with E-state index in [-0.39, 0.29) is 30.0 Å². The van der Waals surface area contributed by atoms with Crippen molar-refractivity contribution >= 4 is 33.4 Å². The van der Waals surface area contributed by atoms with E-state index in [1.54, 1.807) is 19.1 Å². The Morgan fingerprint density at radius 1 is 1.18 bits per heavy atom. The fraction of sp³-hybridized carbons (Fsp3) is 0.579. The maximum Gasteiger partial charge on any atom is 0.239 e. The van der Waals surface area contributed by atoms with Gasteiger partial charge in [-0.3, -0.25) is 9.59 Å². The molecule has 0 atom stereocenters. The number of carbonyl (C=O) groups excluding carboxylic acids is 2. The molecule has 1 aliphatic rings. The summed E-state index contributed by atoms with van der Waals surface area (Å²) in [5, 5.41) is 3.45. The zero-order valence-electron chi connectivity index (χ0n) is 16.4. The number of hydrogen-bond acceptors (Lipinski definition) is 4. The molecule has 2 amide bonds. The molecule has 0 spiro atoms. The molecule has 1 fully saturated rings. The van der Waals surface area contributed by atoms with Crippen molar-refractivity contribution in [3.05, 3.63) is 34.9 Å². The fourth-order valence-corrected chi connectivity index (χ4v) is 4.46. The summed E-state index contributed by atoms with van der Waals surface area (Å²) in [4.78, 5) is 26.5. The molecule has 156 valence electrons. The third-order valence-electron chi connectivity index (χ3n) is 4.99. The summed E-state index contributed by atoms with van der Waals surface area (Å²) in [6, 6.07) is 7.19. The van der Waals surface area contributed by atoms with Crippen molar-refractivity contribution in [3.8, 4) is 0 Å². The van der Waals surface area contributed by atoms with Gasteiger partial charge in [0.05, 0.1) is 12.3 Å². The molecule has 2 rings (SSSR count). The highest BCUT2D eigenvalue weighted by Gasteiger charge is 2.32. The monoisotopic (exact) mass is 429 g/mol. The fourth-order valence-electron chi connectivity index (χ4n) is 3.20. The Bertz CT molecular complexity index is 775. The van der Waals surface area contributed by atoms with Gasteiger partial charge >= 0.3 is 0 Å². The van der Waals surface area contributed by atoms with Crippen LogP contribution >= 0.6 is 11.6 Å².